The molecule has 19 heavy (non-hydrogen) atoms. The number of hydrogen-bond acceptors (Lipinski definition) is 3. The van der Waals surface area contributed by atoms with Crippen molar-refractivity contribution in [3.8, 4) is 27.6 Å². The fourth-order valence-electron chi connectivity index (χ4n) is 1.79. The average molecular weight is 332 g/mol. The minimum Gasteiger partial charge on any atom is -0.508 e. The van der Waals surface area contributed by atoms with Gasteiger partial charge < -0.3 is 5.11 Å². The SMILES string of the molecule is Oc1ccc(-c2nc(-c3cccc(Br)c3)cs2)cc1. The Kier molecular flexibility index (Phi) is 3.36. The highest BCUT2D eigenvalue weighted by atomic mass is 79.9. The number of aromatic hydroxyl groups is 1. The molecule has 1 heterocycles. The minimum absolute atomic E-state index is 0.271. The number of hydrogen-bond donors (Lipinski definition) is 1. The first kappa shape index (κ1) is 12.4. The van der Waals surface area contributed by atoms with Gasteiger partial charge in [-0.1, -0.05) is 28.1 Å². The summed E-state index contributed by atoms with van der Waals surface area (Å²) in [6.45, 7) is 0. The lowest BCUT2D eigenvalue weighted by Gasteiger charge is -1.98. The van der Waals surface area contributed by atoms with Crippen LogP contribution in [0.4, 0.5) is 0 Å². The predicted molar refractivity (Wildman–Crippen MR) is 82.4 cm³/mol. The Balaban J connectivity index is 1.97. The van der Waals surface area contributed by atoms with E-state index < -0.39 is 0 Å². The van der Waals surface area contributed by atoms with E-state index in [0.717, 1.165) is 26.3 Å². The van der Waals surface area contributed by atoms with Crippen molar-refractivity contribution in [1.82, 2.24) is 4.98 Å². The number of phenols is 1. The quantitative estimate of drug-likeness (QED) is 0.721. The number of rotatable bonds is 2. The van der Waals surface area contributed by atoms with Crippen molar-refractivity contribution in [3.05, 3.63) is 58.4 Å². The van der Waals surface area contributed by atoms with Gasteiger partial charge in [0.25, 0.3) is 0 Å². The van der Waals surface area contributed by atoms with Crippen LogP contribution in [0.5, 0.6) is 5.75 Å². The van der Waals surface area contributed by atoms with E-state index in [4.69, 9.17) is 0 Å². The molecule has 3 rings (SSSR count). The molecule has 1 aromatic heterocycles. The van der Waals surface area contributed by atoms with Gasteiger partial charge in [0.15, 0.2) is 0 Å². The molecule has 0 radical (unpaired) electrons. The minimum atomic E-state index is 0.271. The first-order chi connectivity index (χ1) is 9.22. The molecule has 2 aromatic carbocycles. The summed E-state index contributed by atoms with van der Waals surface area (Å²) in [5.41, 5.74) is 3.08. The molecule has 0 saturated heterocycles. The Hall–Kier alpha value is -1.65. The maximum absolute atomic E-state index is 9.30. The molecule has 0 unspecified atom stereocenters. The van der Waals surface area contributed by atoms with Gasteiger partial charge in [0.2, 0.25) is 0 Å². The van der Waals surface area contributed by atoms with Gasteiger partial charge in [-0.05, 0) is 36.4 Å². The van der Waals surface area contributed by atoms with Crippen molar-refractivity contribution in [1.29, 1.82) is 0 Å². The molecule has 1 N–H and O–H groups in total. The molecule has 4 heteroatoms. The fourth-order valence-corrected chi connectivity index (χ4v) is 3.03. The molecule has 3 aromatic rings. The fraction of sp³-hybridized carbons (Fsp3) is 0. The predicted octanol–water partition coefficient (Wildman–Crippen LogP) is 4.95. The van der Waals surface area contributed by atoms with Crippen LogP contribution in [-0.4, -0.2) is 10.1 Å². The highest BCUT2D eigenvalue weighted by Crippen LogP contribution is 2.30. The van der Waals surface area contributed by atoms with Gasteiger partial charge in [0.1, 0.15) is 10.8 Å². The van der Waals surface area contributed by atoms with E-state index in [1.54, 1.807) is 23.5 Å². The van der Waals surface area contributed by atoms with Crippen LogP contribution >= 0.6 is 27.3 Å². The van der Waals surface area contributed by atoms with Gasteiger partial charge in [0.05, 0.1) is 5.69 Å². The molecule has 2 nitrogen and oxygen atoms in total. The summed E-state index contributed by atoms with van der Waals surface area (Å²) < 4.78 is 1.05. The molecular weight excluding hydrogens is 322 g/mol. The summed E-state index contributed by atoms with van der Waals surface area (Å²) in [6, 6.07) is 15.2. The van der Waals surface area contributed by atoms with E-state index in [2.05, 4.69) is 27.0 Å². The largest absolute Gasteiger partial charge is 0.508 e. The van der Waals surface area contributed by atoms with E-state index in [1.165, 1.54) is 0 Å². The van der Waals surface area contributed by atoms with Crippen LogP contribution in [0.25, 0.3) is 21.8 Å². The molecular formula is C15H10BrNOS. The van der Waals surface area contributed by atoms with Gasteiger partial charge in [0, 0.05) is 21.0 Å². The molecule has 0 amide bonds. The summed E-state index contributed by atoms with van der Waals surface area (Å²) >= 11 is 5.07. The Labute approximate surface area is 123 Å². The molecule has 0 atom stereocenters. The van der Waals surface area contributed by atoms with Crippen LogP contribution in [0.2, 0.25) is 0 Å². The summed E-state index contributed by atoms with van der Waals surface area (Å²) in [7, 11) is 0. The molecule has 0 bridgehead atoms. The summed E-state index contributed by atoms with van der Waals surface area (Å²) in [4.78, 5) is 4.64. The lowest BCUT2D eigenvalue weighted by atomic mass is 10.2. The van der Waals surface area contributed by atoms with Crippen molar-refractivity contribution >= 4 is 27.3 Å². The second-order valence-electron chi connectivity index (χ2n) is 4.10. The Morgan fingerprint density at radius 2 is 1.79 bits per heavy atom. The van der Waals surface area contributed by atoms with Gasteiger partial charge in [-0.3, -0.25) is 0 Å². The van der Waals surface area contributed by atoms with E-state index in [-0.39, 0.29) is 5.75 Å². The zero-order valence-electron chi connectivity index (χ0n) is 9.88. The van der Waals surface area contributed by atoms with Crippen molar-refractivity contribution in [2.75, 3.05) is 0 Å². The summed E-state index contributed by atoms with van der Waals surface area (Å²) in [5, 5.41) is 12.3. The average Bonchev–Trinajstić information content (AvgIpc) is 2.89. The van der Waals surface area contributed by atoms with Crippen LogP contribution in [0.3, 0.4) is 0 Å². The lowest BCUT2D eigenvalue weighted by Crippen LogP contribution is -1.79. The van der Waals surface area contributed by atoms with Crippen LogP contribution in [-0.2, 0) is 0 Å². The van der Waals surface area contributed by atoms with Gasteiger partial charge in [-0.25, -0.2) is 4.98 Å². The normalized spacial score (nSPS) is 10.6. The zero-order chi connectivity index (χ0) is 13.2. The third-order valence-electron chi connectivity index (χ3n) is 2.74. The van der Waals surface area contributed by atoms with Crippen molar-refractivity contribution in [2.45, 2.75) is 0 Å². The first-order valence-electron chi connectivity index (χ1n) is 5.73. The van der Waals surface area contributed by atoms with Crippen molar-refractivity contribution < 1.29 is 5.11 Å². The number of thiazole rings is 1. The highest BCUT2D eigenvalue weighted by Gasteiger charge is 2.06. The maximum atomic E-state index is 9.30. The molecule has 0 fully saturated rings. The molecule has 0 aliphatic carbocycles. The van der Waals surface area contributed by atoms with E-state index in [1.807, 2.05) is 35.7 Å². The smallest absolute Gasteiger partial charge is 0.124 e. The molecule has 94 valence electrons. The van der Waals surface area contributed by atoms with E-state index in [9.17, 15) is 5.11 Å². The van der Waals surface area contributed by atoms with Crippen molar-refractivity contribution in [3.63, 3.8) is 0 Å². The van der Waals surface area contributed by atoms with Crippen LogP contribution in [0, 0.1) is 0 Å². The zero-order valence-corrected chi connectivity index (χ0v) is 12.3. The Morgan fingerprint density at radius 1 is 1.00 bits per heavy atom. The molecule has 0 aliphatic heterocycles. The standard InChI is InChI=1S/C15H10BrNOS/c16-12-3-1-2-11(8-12)14-9-19-15(17-14)10-4-6-13(18)7-5-10/h1-9,18H. The van der Waals surface area contributed by atoms with Crippen molar-refractivity contribution in [2.24, 2.45) is 0 Å². The summed E-state index contributed by atoms with van der Waals surface area (Å²) in [6.07, 6.45) is 0. The third kappa shape index (κ3) is 2.69. The highest BCUT2D eigenvalue weighted by molar-refractivity contribution is 9.10. The Morgan fingerprint density at radius 3 is 2.53 bits per heavy atom. The van der Waals surface area contributed by atoms with Crippen LogP contribution in [0.1, 0.15) is 0 Å². The summed E-state index contributed by atoms with van der Waals surface area (Å²) in [5.74, 6) is 0.271. The van der Waals surface area contributed by atoms with E-state index >= 15 is 0 Å². The second kappa shape index (κ2) is 5.15. The van der Waals surface area contributed by atoms with Gasteiger partial charge >= 0.3 is 0 Å². The molecule has 0 saturated carbocycles. The maximum Gasteiger partial charge on any atom is 0.124 e. The lowest BCUT2D eigenvalue weighted by molar-refractivity contribution is 0.475. The van der Waals surface area contributed by atoms with Crippen LogP contribution < -0.4 is 0 Å². The number of phenolic OH excluding ortho intramolecular Hbond substituents is 1. The number of halogens is 1. The topological polar surface area (TPSA) is 33.1 Å². The number of aromatic nitrogens is 1. The Bertz CT molecular complexity index is 706. The molecule has 0 aliphatic rings. The second-order valence-corrected chi connectivity index (χ2v) is 5.87. The monoisotopic (exact) mass is 331 g/mol. The number of nitrogens with zero attached hydrogens (tertiary/aromatic N) is 1. The first-order valence-corrected chi connectivity index (χ1v) is 7.40. The van der Waals surface area contributed by atoms with Crippen LogP contribution in [0.15, 0.2) is 58.4 Å². The van der Waals surface area contributed by atoms with E-state index in [0.29, 0.717) is 0 Å². The number of benzene rings is 2. The molecule has 0 spiro atoms. The third-order valence-corrected chi connectivity index (χ3v) is 4.12. The van der Waals surface area contributed by atoms with Gasteiger partial charge in [-0.15, -0.1) is 11.3 Å². The van der Waals surface area contributed by atoms with Gasteiger partial charge in [-0.2, -0.15) is 0 Å².